The number of rotatable bonds is 3. The molecule has 0 fully saturated rings. The van der Waals surface area contributed by atoms with Crippen molar-refractivity contribution in [2.75, 3.05) is 0 Å². The minimum absolute atomic E-state index is 0.562. The third kappa shape index (κ3) is 2.30. The van der Waals surface area contributed by atoms with E-state index in [0.717, 1.165) is 15.5 Å². The van der Waals surface area contributed by atoms with Gasteiger partial charge in [0.1, 0.15) is 0 Å². The van der Waals surface area contributed by atoms with E-state index in [1.807, 2.05) is 41.8 Å². The average molecular weight is 277 g/mol. The molecule has 0 amide bonds. The molecule has 3 aromatic rings. The molecule has 0 atom stereocenters. The first-order valence-electron chi connectivity index (χ1n) is 5.43. The highest BCUT2D eigenvalue weighted by molar-refractivity contribution is 7.13. The first kappa shape index (κ1) is 11.4. The van der Waals surface area contributed by atoms with E-state index >= 15 is 0 Å². The second-order valence-electron chi connectivity index (χ2n) is 3.76. The first-order chi connectivity index (χ1) is 8.83. The SMILES string of the molecule is Clc1ccccc1Cc1noc(-c2cccs2)n1. The predicted octanol–water partition coefficient (Wildman–Crippen LogP) is 4.04. The van der Waals surface area contributed by atoms with Crippen molar-refractivity contribution in [1.82, 2.24) is 10.1 Å². The topological polar surface area (TPSA) is 38.9 Å². The van der Waals surface area contributed by atoms with Gasteiger partial charge in [0.2, 0.25) is 0 Å². The van der Waals surface area contributed by atoms with E-state index in [4.69, 9.17) is 16.1 Å². The standard InChI is InChI=1S/C13H9ClN2OS/c14-10-5-2-1-4-9(10)8-12-15-13(17-16-12)11-6-3-7-18-11/h1-7H,8H2. The van der Waals surface area contributed by atoms with Crippen LogP contribution in [0.2, 0.25) is 5.02 Å². The molecule has 0 radical (unpaired) electrons. The molecular weight excluding hydrogens is 268 g/mol. The Morgan fingerprint density at radius 3 is 2.83 bits per heavy atom. The minimum atomic E-state index is 0.562. The van der Waals surface area contributed by atoms with Crippen molar-refractivity contribution < 1.29 is 4.52 Å². The lowest BCUT2D eigenvalue weighted by atomic mass is 10.1. The van der Waals surface area contributed by atoms with Crippen molar-refractivity contribution in [3.05, 3.63) is 58.2 Å². The van der Waals surface area contributed by atoms with Crippen molar-refractivity contribution in [2.45, 2.75) is 6.42 Å². The summed E-state index contributed by atoms with van der Waals surface area (Å²) >= 11 is 7.67. The number of aromatic nitrogens is 2. The van der Waals surface area contributed by atoms with Gasteiger partial charge < -0.3 is 4.52 Å². The van der Waals surface area contributed by atoms with Gasteiger partial charge >= 0.3 is 0 Å². The number of thiophene rings is 1. The van der Waals surface area contributed by atoms with Gasteiger partial charge in [-0.25, -0.2) is 0 Å². The summed E-state index contributed by atoms with van der Waals surface area (Å²) in [7, 11) is 0. The van der Waals surface area contributed by atoms with E-state index in [0.29, 0.717) is 18.1 Å². The van der Waals surface area contributed by atoms with Crippen molar-refractivity contribution in [3.63, 3.8) is 0 Å². The number of hydrogen-bond donors (Lipinski definition) is 0. The van der Waals surface area contributed by atoms with Crippen LogP contribution in [0.3, 0.4) is 0 Å². The third-order valence-electron chi connectivity index (χ3n) is 2.51. The van der Waals surface area contributed by atoms with Gasteiger partial charge in [0, 0.05) is 11.4 Å². The smallest absolute Gasteiger partial charge is 0.267 e. The maximum atomic E-state index is 6.10. The Hall–Kier alpha value is -1.65. The largest absolute Gasteiger partial charge is 0.333 e. The van der Waals surface area contributed by atoms with E-state index in [1.54, 1.807) is 11.3 Å². The van der Waals surface area contributed by atoms with Crippen LogP contribution in [0.1, 0.15) is 11.4 Å². The van der Waals surface area contributed by atoms with Gasteiger partial charge in [0.15, 0.2) is 5.82 Å². The van der Waals surface area contributed by atoms with Crippen molar-refractivity contribution >= 4 is 22.9 Å². The average Bonchev–Trinajstić information content (AvgIpc) is 3.02. The van der Waals surface area contributed by atoms with Gasteiger partial charge in [-0.2, -0.15) is 4.98 Å². The minimum Gasteiger partial charge on any atom is -0.333 e. The Kier molecular flexibility index (Phi) is 3.13. The van der Waals surface area contributed by atoms with Gasteiger partial charge in [-0.1, -0.05) is 41.0 Å². The lowest BCUT2D eigenvalue weighted by molar-refractivity contribution is 0.425. The Labute approximate surface area is 113 Å². The van der Waals surface area contributed by atoms with Gasteiger partial charge in [0.25, 0.3) is 5.89 Å². The van der Waals surface area contributed by atoms with E-state index in [2.05, 4.69) is 10.1 Å². The fraction of sp³-hybridized carbons (Fsp3) is 0.0769. The fourth-order valence-electron chi connectivity index (χ4n) is 1.64. The highest BCUT2D eigenvalue weighted by Gasteiger charge is 2.11. The van der Waals surface area contributed by atoms with Crippen LogP contribution >= 0.6 is 22.9 Å². The van der Waals surface area contributed by atoms with Crippen LogP contribution in [0.5, 0.6) is 0 Å². The van der Waals surface area contributed by atoms with Gasteiger partial charge in [-0.3, -0.25) is 0 Å². The summed E-state index contributed by atoms with van der Waals surface area (Å²) in [6.07, 6.45) is 0.578. The normalized spacial score (nSPS) is 10.7. The van der Waals surface area contributed by atoms with Crippen LogP contribution in [0.4, 0.5) is 0 Å². The summed E-state index contributed by atoms with van der Waals surface area (Å²) in [5.74, 6) is 1.21. The van der Waals surface area contributed by atoms with Gasteiger partial charge in [0.05, 0.1) is 4.88 Å². The molecule has 0 spiro atoms. The van der Waals surface area contributed by atoms with Crippen LogP contribution in [-0.4, -0.2) is 10.1 Å². The zero-order valence-corrected chi connectivity index (χ0v) is 10.9. The Morgan fingerprint density at radius 1 is 1.17 bits per heavy atom. The lowest BCUT2D eigenvalue weighted by Gasteiger charge is -1.98. The Morgan fingerprint density at radius 2 is 2.06 bits per heavy atom. The third-order valence-corrected chi connectivity index (χ3v) is 3.73. The zero-order valence-electron chi connectivity index (χ0n) is 9.34. The number of hydrogen-bond acceptors (Lipinski definition) is 4. The summed E-state index contributed by atoms with van der Waals surface area (Å²) in [4.78, 5) is 5.34. The van der Waals surface area contributed by atoms with Crippen LogP contribution in [-0.2, 0) is 6.42 Å². The molecule has 2 aromatic heterocycles. The number of halogens is 1. The first-order valence-corrected chi connectivity index (χ1v) is 6.68. The molecule has 0 aliphatic carbocycles. The van der Waals surface area contributed by atoms with E-state index in [-0.39, 0.29) is 0 Å². The van der Waals surface area contributed by atoms with E-state index in [9.17, 15) is 0 Å². The molecule has 18 heavy (non-hydrogen) atoms. The van der Waals surface area contributed by atoms with Crippen molar-refractivity contribution in [1.29, 1.82) is 0 Å². The monoisotopic (exact) mass is 276 g/mol. The maximum Gasteiger partial charge on any atom is 0.267 e. The molecule has 0 aliphatic heterocycles. The van der Waals surface area contributed by atoms with Crippen LogP contribution in [0.25, 0.3) is 10.8 Å². The summed E-state index contributed by atoms with van der Waals surface area (Å²) in [6.45, 7) is 0. The Bertz CT molecular complexity index is 649. The molecule has 1 aromatic carbocycles. The van der Waals surface area contributed by atoms with Crippen LogP contribution in [0, 0.1) is 0 Å². The molecule has 90 valence electrons. The lowest BCUT2D eigenvalue weighted by Crippen LogP contribution is -1.91. The van der Waals surface area contributed by atoms with E-state index in [1.165, 1.54) is 0 Å². The highest BCUT2D eigenvalue weighted by Crippen LogP contribution is 2.24. The maximum absolute atomic E-state index is 6.10. The highest BCUT2D eigenvalue weighted by atomic mass is 35.5. The molecule has 3 rings (SSSR count). The molecule has 0 bridgehead atoms. The van der Waals surface area contributed by atoms with E-state index < -0.39 is 0 Å². The zero-order chi connectivity index (χ0) is 12.4. The van der Waals surface area contributed by atoms with Crippen molar-refractivity contribution in [3.8, 4) is 10.8 Å². The summed E-state index contributed by atoms with van der Waals surface area (Å²) in [5, 5.41) is 6.67. The molecule has 2 heterocycles. The summed E-state index contributed by atoms with van der Waals surface area (Å²) in [5.41, 5.74) is 0.998. The molecule has 0 N–H and O–H groups in total. The molecular formula is C13H9ClN2OS. The second-order valence-corrected chi connectivity index (χ2v) is 5.12. The van der Waals surface area contributed by atoms with Crippen LogP contribution < -0.4 is 0 Å². The summed E-state index contributed by atoms with van der Waals surface area (Å²) < 4.78 is 5.23. The molecule has 0 saturated carbocycles. The quantitative estimate of drug-likeness (QED) is 0.725. The van der Waals surface area contributed by atoms with Crippen molar-refractivity contribution in [2.24, 2.45) is 0 Å². The second kappa shape index (κ2) is 4.92. The summed E-state index contributed by atoms with van der Waals surface area (Å²) in [6, 6.07) is 11.6. The fourth-order valence-corrected chi connectivity index (χ4v) is 2.49. The van der Waals surface area contributed by atoms with Gasteiger partial charge in [-0.15, -0.1) is 11.3 Å². The molecule has 0 saturated heterocycles. The molecule has 3 nitrogen and oxygen atoms in total. The number of nitrogens with zero attached hydrogens (tertiary/aromatic N) is 2. The molecule has 0 aliphatic rings. The number of benzene rings is 1. The Balaban J connectivity index is 1.85. The molecule has 0 unspecified atom stereocenters. The molecule has 5 heteroatoms. The predicted molar refractivity (Wildman–Crippen MR) is 71.9 cm³/mol. The van der Waals surface area contributed by atoms with Crippen LogP contribution in [0.15, 0.2) is 46.3 Å². The van der Waals surface area contributed by atoms with Gasteiger partial charge in [-0.05, 0) is 23.1 Å².